The van der Waals surface area contributed by atoms with Crippen molar-refractivity contribution in [3.8, 4) is 0 Å². The van der Waals surface area contributed by atoms with Crippen molar-refractivity contribution in [3.05, 3.63) is 220 Å². The van der Waals surface area contributed by atoms with Gasteiger partial charge in [0.2, 0.25) is 0 Å². The Hall–Kier alpha value is -11.7. The molecule has 0 fully saturated rings. The summed E-state index contributed by atoms with van der Waals surface area (Å²) in [6, 6.07) is 12.6. The lowest BCUT2D eigenvalue weighted by atomic mass is 9.84. The van der Waals surface area contributed by atoms with Gasteiger partial charge in [-0.05, 0) is 207 Å². The fourth-order valence-electron chi connectivity index (χ4n) is 17.0. The van der Waals surface area contributed by atoms with Crippen LogP contribution in [0.25, 0.3) is 66.4 Å². The van der Waals surface area contributed by atoms with E-state index in [0.717, 1.165) is 33.4 Å². The van der Waals surface area contributed by atoms with Crippen LogP contribution < -0.4 is 0 Å². The molecule has 0 aliphatic carbocycles. The van der Waals surface area contributed by atoms with E-state index < -0.39 is 130 Å². The number of hydrogen-bond donors (Lipinski definition) is 4. The molecule has 2 aromatic carbocycles. The molecule has 4 amide bonds. The number of nitrogens with one attached hydrogen (secondary N) is 4. The van der Waals surface area contributed by atoms with E-state index in [1.54, 1.807) is 26.0 Å². The minimum absolute atomic E-state index is 0.0299. The van der Waals surface area contributed by atoms with Crippen molar-refractivity contribution in [2.75, 3.05) is 14.2 Å². The van der Waals surface area contributed by atoms with Gasteiger partial charge >= 0.3 is 36.6 Å². The lowest BCUT2D eigenvalue weighted by molar-refractivity contribution is -0.144. The maximum absolute atomic E-state index is 15.6. The fourth-order valence-corrected chi connectivity index (χ4v) is 17.0. The average Bonchev–Trinajstić information content (AvgIpc) is 1.56. The predicted molar refractivity (Wildman–Crippen MR) is 409 cm³/mol. The van der Waals surface area contributed by atoms with Crippen LogP contribution in [0.15, 0.2) is 84.9 Å². The molecular formula is C86H78F12N10O8. The maximum Gasteiger partial charge on any atom is 0.416 e. The second-order valence-electron chi connectivity index (χ2n) is 30.1. The molecule has 6 aromatic heterocycles. The van der Waals surface area contributed by atoms with E-state index in [0.29, 0.717) is 121 Å². The number of carbonyl (C=O) groups excluding carboxylic acids is 6. The van der Waals surface area contributed by atoms with Gasteiger partial charge in [-0.15, -0.1) is 0 Å². The summed E-state index contributed by atoms with van der Waals surface area (Å²) in [4.78, 5) is 123. The highest BCUT2D eigenvalue weighted by Gasteiger charge is 2.46. The molecule has 14 rings (SSSR count). The van der Waals surface area contributed by atoms with E-state index in [4.69, 9.17) is 29.4 Å². The number of benzene rings is 2. The molecule has 0 spiro atoms. The molecule has 6 aliphatic heterocycles. The van der Waals surface area contributed by atoms with Crippen molar-refractivity contribution in [2.24, 2.45) is 0 Å². The number of aromatic amines is 4. The molecule has 4 N–H and O–H groups in total. The highest BCUT2D eigenvalue weighted by Crippen LogP contribution is 2.49. The Balaban J connectivity index is 0.959. The summed E-state index contributed by atoms with van der Waals surface area (Å²) in [7, 11) is 2.42. The molecule has 18 nitrogen and oxygen atoms in total. The number of amides is 4. The molecular weight excluding hydrogens is 1530 g/mol. The normalized spacial score (nSPS) is 17.3. The van der Waals surface area contributed by atoms with Crippen molar-refractivity contribution in [2.45, 2.75) is 182 Å². The maximum atomic E-state index is 15.6. The molecule has 0 radical (unpaired) electrons. The van der Waals surface area contributed by atoms with Crippen LogP contribution in [0.3, 0.4) is 0 Å². The van der Waals surface area contributed by atoms with Gasteiger partial charge < -0.3 is 29.4 Å². The quantitative estimate of drug-likeness (QED) is 0.0401. The zero-order chi connectivity index (χ0) is 83.8. The highest BCUT2D eigenvalue weighted by molar-refractivity contribution is 6.24. The van der Waals surface area contributed by atoms with Crippen molar-refractivity contribution in [3.63, 3.8) is 0 Å². The van der Waals surface area contributed by atoms with Crippen LogP contribution in [0.2, 0.25) is 0 Å². The Morgan fingerprint density at radius 1 is 0.440 bits per heavy atom. The first-order chi connectivity index (χ1) is 54.6. The summed E-state index contributed by atoms with van der Waals surface area (Å²) < 4.78 is 184. The van der Waals surface area contributed by atoms with E-state index in [1.807, 2.05) is 91.8 Å². The summed E-state index contributed by atoms with van der Waals surface area (Å²) in [5.41, 5.74) is 3.92. The molecule has 8 aromatic rings. The average molecular weight is 1610 g/mol. The number of alkyl halides is 12. The number of aromatic nitrogens is 8. The molecule has 16 bridgehead atoms. The third kappa shape index (κ3) is 14.4. The van der Waals surface area contributed by atoms with Crippen LogP contribution >= 0.6 is 0 Å². The van der Waals surface area contributed by atoms with Gasteiger partial charge in [-0.2, -0.15) is 52.7 Å². The second-order valence-corrected chi connectivity index (χ2v) is 30.1. The van der Waals surface area contributed by atoms with E-state index in [9.17, 15) is 62.3 Å². The number of aryl methyl sites for hydroxylation is 6. The number of methoxy groups -OCH3 is 2. The van der Waals surface area contributed by atoms with Crippen molar-refractivity contribution >= 4 is 102 Å². The standard InChI is InChI=1S/C86H78F12N10O8/c1-13-50-37(4)57-29-60-40(7)54(19-21-69(109)115-11)76(103-60)74-78-72(80(112)108(82(74)114)36-45-25-48(85(93,94)95)28-49(26-45)86(96,97)98)43(10)63(106-78)33-67-53(39(6)59(101-67)31-64(50)99-57)17-16-18-56-52(15-3)66-32-62-42(9)71-77(105-62)73(81(113)107(79(71)111)35-44-23-46(83(87,88)89)27-47(24-44)84(90,91)92)75-55(20-22-70(110)116-12)41(8)61(104-75)30-58-38(5)51(14-2)65(100-58)34-68(56)102-66/h16-17,23-34,40-41,54-55,99-100,105-106H,13-15,18-22,35-36H2,1-12H3/b17-16+,57-29?,58-30?,59-31?,60-29?,61-30?,62-32?,63-33?,64-31?,65-34?,66-32?,67-33?,68-34?,75-73?,76-74?/t40-,41-,54-,55-/m0/s1. The third-order valence-electron chi connectivity index (χ3n) is 23.3. The molecule has 12 heterocycles. The fraction of sp³-hybridized carbons (Fsp3) is 0.349. The van der Waals surface area contributed by atoms with Crippen molar-refractivity contribution < 1.29 is 90.9 Å². The molecule has 4 atom stereocenters. The zero-order valence-corrected chi connectivity index (χ0v) is 64.9. The van der Waals surface area contributed by atoms with E-state index >= 15 is 19.2 Å². The Labute approximate surface area is 655 Å². The number of carbonyl (C=O) groups is 6. The minimum Gasteiger partial charge on any atom is -0.469 e. The van der Waals surface area contributed by atoms with Gasteiger partial charge in [-0.1, -0.05) is 46.8 Å². The first-order valence-electron chi connectivity index (χ1n) is 37.7. The molecule has 6 aliphatic rings. The minimum atomic E-state index is -5.27. The highest BCUT2D eigenvalue weighted by atomic mass is 19.4. The van der Waals surface area contributed by atoms with Crippen LogP contribution in [-0.4, -0.2) is 99.5 Å². The molecule has 0 saturated heterocycles. The number of hydrogen-bond acceptors (Lipinski definition) is 12. The van der Waals surface area contributed by atoms with Gasteiger partial charge in [0.25, 0.3) is 23.6 Å². The number of H-pyrrole nitrogens is 4. The molecule has 604 valence electrons. The lowest BCUT2D eigenvalue weighted by Crippen LogP contribution is -2.40. The molecule has 0 saturated carbocycles. The topological polar surface area (TPSA) is 242 Å². The van der Waals surface area contributed by atoms with Crippen LogP contribution in [0, 0.1) is 27.7 Å². The summed E-state index contributed by atoms with van der Waals surface area (Å²) in [6.07, 6.45) is -15.9. The smallest absolute Gasteiger partial charge is 0.416 e. The molecule has 0 unspecified atom stereocenters. The first-order valence-corrected chi connectivity index (χ1v) is 37.7. The number of imide groups is 2. The summed E-state index contributed by atoms with van der Waals surface area (Å²) in [5.74, 6) is -8.03. The lowest BCUT2D eigenvalue weighted by Gasteiger charge is -2.27. The Morgan fingerprint density at radius 2 is 0.802 bits per heavy atom. The van der Waals surface area contributed by atoms with E-state index in [2.05, 4.69) is 19.9 Å². The summed E-state index contributed by atoms with van der Waals surface area (Å²) >= 11 is 0. The number of nitrogens with zero attached hydrogens (tertiary/aromatic N) is 6. The Bertz CT molecular complexity index is 5980. The zero-order valence-electron chi connectivity index (χ0n) is 64.9. The van der Waals surface area contributed by atoms with Crippen molar-refractivity contribution in [1.29, 1.82) is 0 Å². The molecule has 30 heteroatoms. The monoisotopic (exact) mass is 1610 g/mol. The number of esters is 2. The Kier molecular flexibility index (Phi) is 20.8. The van der Waals surface area contributed by atoms with Gasteiger partial charge in [-0.3, -0.25) is 48.5 Å². The van der Waals surface area contributed by atoms with E-state index in [-0.39, 0.29) is 111 Å². The summed E-state index contributed by atoms with van der Waals surface area (Å²) in [5, 5.41) is 0. The largest absolute Gasteiger partial charge is 0.469 e. The van der Waals surface area contributed by atoms with E-state index in [1.165, 1.54) is 14.2 Å². The van der Waals surface area contributed by atoms with Crippen molar-refractivity contribution in [1.82, 2.24) is 49.7 Å². The van der Waals surface area contributed by atoms with Gasteiger partial charge in [0, 0.05) is 86.6 Å². The predicted octanol–water partition coefficient (Wildman–Crippen LogP) is 20.5. The van der Waals surface area contributed by atoms with Gasteiger partial charge in [0.15, 0.2) is 0 Å². The van der Waals surface area contributed by atoms with Gasteiger partial charge in [0.1, 0.15) is 0 Å². The second kappa shape index (κ2) is 29.8. The Morgan fingerprint density at radius 3 is 1.19 bits per heavy atom. The van der Waals surface area contributed by atoms with Crippen LogP contribution in [0.4, 0.5) is 52.7 Å². The third-order valence-corrected chi connectivity index (χ3v) is 23.3. The van der Waals surface area contributed by atoms with Crippen LogP contribution in [0.1, 0.15) is 257 Å². The SMILES string of the molecule is CCC1=C(C/C=C/C2=C(C)c3cc4[nH]c(cc5nc(c6c7[nH]c(cc2n3)c(C)c7C(=O)N(Cc2cc(C(F)(F)F)cc(C(F)(F)F)c2)C6=O)[C@@H](CCC(=O)OC)[C@@H]5C)c(C)c4CC)c2cc3[nH]c(cc4nc(c5c6[nH]c(cc1n2)c(C)c6C(=O)N(Cc1cc(C(F)(F)F)cc(C(F)(F)F)c1)C5=O)[C@@H](CCC(=O)OC)[C@@H]4C)c(C)c3CC. The van der Waals surface area contributed by atoms with Crippen LogP contribution in [-0.2, 0) is 69.7 Å². The number of fused-ring (bicyclic) bond motifs is 16. The van der Waals surface area contributed by atoms with Gasteiger partial charge in [0.05, 0.1) is 117 Å². The first kappa shape index (κ1) is 80.9. The number of halogens is 12. The number of rotatable bonds is 16. The summed E-state index contributed by atoms with van der Waals surface area (Å²) in [6.45, 7) is 16.4. The number of ether oxygens (including phenoxy) is 2. The molecule has 116 heavy (non-hydrogen) atoms. The van der Waals surface area contributed by atoms with Crippen LogP contribution in [0.5, 0.6) is 0 Å². The van der Waals surface area contributed by atoms with Gasteiger partial charge in [-0.25, -0.2) is 9.97 Å². The number of allylic oxidation sites excluding steroid dienone is 6.